The van der Waals surface area contributed by atoms with E-state index >= 15 is 0 Å². The molecule has 0 heterocycles. The van der Waals surface area contributed by atoms with Crippen LogP contribution in [-0.2, 0) is 4.79 Å². The number of benzene rings is 1. The van der Waals surface area contributed by atoms with Crippen molar-refractivity contribution in [1.82, 2.24) is 0 Å². The summed E-state index contributed by atoms with van der Waals surface area (Å²) in [6, 6.07) is 3.00. The van der Waals surface area contributed by atoms with Crippen LogP contribution >= 0.6 is 0 Å². The van der Waals surface area contributed by atoms with Crippen LogP contribution in [0.3, 0.4) is 0 Å². The molecule has 0 aliphatic heterocycles. The van der Waals surface area contributed by atoms with Crippen molar-refractivity contribution in [3.8, 4) is 0 Å². The Bertz CT molecular complexity index is 559. The second kappa shape index (κ2) is 5.05. The topological polar surface area (TPSA) is 92.5 Å². The van der Waals surface area contributed by atoms with Crippen LogP contribution in [0.1, 0.15) is 6.42 Å². The van der Waals surface area contributed by atoms with Crippen molar-refractivity contribution in [2.24, 2.45) is 5.92 Å². The van der Waals surface area contributed by atoms with Crippen molar-refractivity contribution in [3.63, 3.8) is 0 Å². The lowest BCUT2D eigenvalue weighted by atomic mass is 10.1. The molecule has 0 radical (unpaired) electrons. The molecule has 2 rings (SSSR count). The molecule has 100 valence electrons. The Morgan fingerprint density at radius 3 is 2.74 bits per heavy atom. The molecule has 1 aromatic carbocycles. The van der Waals surface area contributed by atoms with Crippen molar-refractivity contribution in [1.29, 1.82) is 0 Å². The average molecular weight is 266 g/mol. The van der Waals surface area contributed by atoms with Crippen LogP contribution in [0.15, 0.2) is 30.4 Å². The van der Waals surface area contributed by atoms with Gasteiger partial charge in [0.15, 0.2) is 5.82 Å². The lowest BCUT2D eigenvalue weighted by Gasteiger charge is -2.14. The van der Waals surface area contributed by atoms with Gasteiger partial charge in [-0.25, -0.2) is 4.39 Å². The van der Waals surface area contributed by atoms with Gasteiger partial charge in [-0.1, -0.05) is 12.2 Å². The fourth-order valence-electron chi connectivity index (χ4n) is 1.92. The Hall–Kier alpha value is -2.44. The minimum absolute atomic E-state index is 0.117. The predicted molar refractivity (Wildman–Crippen MR) is 65.3 cm³/mol. The predicted octanol–water partition coefficient (Wildman–Crippen LogP) is 2.18. The molecule has 19 heavy (non-hydrogen) atoms. The highest BCUT2D eigenvalue weighted by Crippen LogP contribution is 2.25. The van der Waals surface area contributed by atoms with Gasteiger partial charge in [0.1, 0.15) is 0 Å². The van der Waals surface area contributed by atoms with E-state index in [4.69, 9.17) is 5.11 Å². The monoisotopic (exact) mass is 266 g/mol. The fraction of sp³-hybridized carbons (Fsp3) is 0.250. The summed E-state index contributed by atoms with van der Waals surface area (Å²) in [6.07, 6.45) is 3.52. The Kier molecular flexibility index (Phi) is 3.46. The molecule has 6 nitrogen and oxygen atoms in total. The highest BCUT2D eigenvalue weighted by atomic mass is 19.1. The summed E-state index contributed by atoms with van der Waals surface area (Å²) in [5.74, 6) is -2.25. The number of carbonyl (C=O) groups is 1. The molecule has 1 aliphatic rings. The van der Waals surface area contributed by atoms with Gasteiger partial charge in [-0.2, -0.15) is 0 Å². The number of non-ortho nitro benzene ring substituents is 1. The zero-order valence-electron chi connectivity index (χ0n) is 9.75. The molecule has 7 heteroatoms. The first kappa shape index (κ1) is 13.0. The summed E-state index contributed by atoms with van der Waals surface area (Å²) in [4.78, 5) is 20.5. The van der Waals surface area contributed by atoms with Gasteiger partial charge in [-0.05, 0) is 12.5 Å². The highest BCUT2D eigenvalue weighted by Gasteiger charge is 2.25. The molecule has 0 spiro atoms. The highest BCUT2D eigenvalue weighted by molar-refractivity contribution is 5.73. The molecule has 2 N–H and O–H groups in total. The van der Waals surface area contributed by atoms with Crippen molar-refractivity contribution in [2.75, 3.05) is 5.32 Å². The number of carboxylic acid groups (broad SMARTS) is 1. The molecule has 0 aromatic heterocycles. The van der Waals surface area contributed by atoms with Gasteiger partial charge in [0.25, 0.3) is 5.69 Å². The van der Waals surface area contributed by atoms with Crippen LogP contribution in [-0.4, -0.2) is 22.0 Å². The Morgan fingerprint density at radius 1 is 1.47 bits per heavy atom. The van der Waals surface area contributed by atoms with Gasteiger partial charge in [0.05, 0.1) is 22.6 Å². The molecule has 0 amide bonds. The van der Waals surface area contributed by atoms with Crippen LogP contribution in [0, 0.1) is 21.8 Å². The van der Waals surface area contributed by atoms with Crippen molar-refractivity contribution in [3.05, 3.63) is 46.3 Å². The quantitative estimate of drug-likeness (QED) is 0.495. The van der Waals surface area contributed by atoms with Crippen LogP contribution in [0.25, 0.3) is 0 Å². The first-order valence-corrected chi connectivity index (χ1v) is 5.59. The van der Waals surface area contributed by atoms with Crippen LogP contribution in [0.5, 0.6) is 0 Å². The number of anilines is 1. The molecule has 0 saturated carbocycles. The summed E-state index contributed by atoms with van der Waals surface area (Å²) in [7, 11) is 0. The number of carboxylic acids is 1. The molecule has 1 aromatic rings. The fourth-order valence-corrected chi connectivity index (χ4v) is 1.92. The second-order valence-corrected chi connectivity index (χ2v) is 4.24. The van der Waals surface area contributed by atoms with E-state index in [0.717, 1.165) is 6.07 Å². The maximum absolute atomic E-state index is 13.6. The van der Waals surface area contributed by atoms with Gasteiger partial charge in [0, 0.05) is 12.1 Å². The molecular formula is C12H11FN2O4. The van der Waals surface area contributed by atoms with Crippen LogP contribution in [0.2, 0.25) is 0 Å². The van der Waals surface area contributed by atoms with E-state index in [9.17, 15) is 19.3 Å². The summed E-state index contributed by atoms with van der Waals surface area (Å²) in [5, 5.41) is 22.1. The van der Waals surface area contributed by atoms with E-state index in [0.29, 0.717) is 6.42 Å². The average Bonchev–Trinajstić information content (AvgIpc) is 2.80. The maximum atomic E-state index is 13.6. The third-order valence-corrected chi connectivity index (χ3v) is 2.91. The van der Waals surface area contributed by atoms with E-state index in [1.165, 1.54) is 12.1 Å². The largest absolute Gasteiger partial charge is 0.481 e. The number of nitro groups is 1. The number of halogens is 1. The van der Waals surface area contributed by atoms with Gasteiger partial charge < -0.3 is 10.4 Å². The van der Waals surface area contributed by atoms with Crippen molar-refractivity contribution < 1.29 is 19.2 Å². The third kappa shape index (κ3) is 2.87. The number of hydrogen-bond acceptors (Lipinski definition) is 4. The van der Waals surface area contributed by atoms with E-state index in [1.54, 1.807) is 12.2 Å². The number of hydrogen-bond donors (Lipinski definition) is 2. The Balaban J connectivity index is 2.07. The molecule has 2 unspecified atom stereocenters. The van der Waals surface area contributed by atoms with Crippen molar-refractivity contribution >= 4 is 17.3 Å². The summed E-state index contributed by atoms with van der Waals surface area (Å²) in [5.41, 5.74) is -0.209. The van der Waals surface area contributed by atoms with Crippen LogP contribution < -0.4 is 5.32 Å². The Labute approximate surface area is 107 Å². The third-order valence-electron chi connectivity index (χ3n) is 2.91. The van der Waals surface area contributed by atoms with Gasteiger partial charge in [-0.3, -0.25) is 14.9 Å². The first-order chi connectivity index (χ1) is 8.97. The molecule has 0 fully saturated rings. The van der Waals surface area contributed by atoms with E-state index in [2.05, 4.69) is 5.32 Å². The first-order valence-electron chi connectivity index (χ1n) is 5.59. The summed E-state index contributed by atoms with van der Waals surface area (Å²) in [6.45, 7) is 0. The maximum Gasteiger partial charge on any atom is 0.310 e. The molecule has 0 saturated heterocycles. The van der Waals surface area contributed by atoms with Crippen LogP contribution in [0.4, 0.5) is 15.8 Å². The molecule has 2 atom stereocenters. The smallest absolute Gasteiger partial charge is 0.310 e. The van der Waals surface area contributed by atoms with E-state index in [-0.39, 0.29) is 17.4 Å². The summed E-state index contributed by atoms with van der Waals surface area (Å²) >= 11 is 0. The normalized spacial score (nSPS) is 21.3. The molecule has 1 aliphatic carbocycles. The minimum atomic E-state index is -0.926. The number of aliphatic carboxylic acids is 1. The van der Waals surface area contributed by atoms with E-state index < -0.39 is 22.6 Å². The Morgan fingerprint density at radius 2 is 2.21 bits per heavy atom. The minimum Gasteiger partial charge on any atom is -0.481 e. The van der Waals surface area contributed by atoms with Gasteiger partial charge in [0.2, 0.25) is 0 Å². The number of nitrogens with one attached hydrogen (secondary N) is 1. The number of nitro benzene ring substituents is 1. The molecule has 0 bridgehead atoms. The number of rotatable bonds is 4. The SMILES string of the molecule is O=C(O)C1C=CC(Nc2ccc([N+](=O)[O-])cc2F)C1. The zero-order chi connectivity index (χ0) is 14.0. The number of nitrogens with zero attached hydrogens (tertiary/aromatic N) is 1. The zero-order valence-corrected chi connectivity index (χ0v) is 9.75. The van der Waals surface area contributed by atoms with Crippen molar-refractivity contribution in [2.45, 2.75) is 12.5 Å². The lowest BCUT2D eigenvalue weighted by Crippen LogP contribution is -2.19. The standard InChI is InChI=1S/C12H11FN2O4/c13-10-6-9(15(18)19)3-4-11(10)14-8-2-1-7(5-8)12(16)17/h1-4,6-8,14H,5H2,(H,16,17). The lowest BCUT2D eigenvalue weighted by molar-refractivity contribution is -0.385. The summed E-state index contributed by atoms with van der Waals surface area (Å²) < 4.78 is 13.6. The van der Waals surface area contributed by atoms with E-state index in [1.807, 2.05) is 0 Å². The van der Waals surface area contributed by atoms with Gasteiger partial charge >= 0.3 is 5.97 Å². The molecular weight excluding hydrogens is 255 g/mol. The second-order valence-electron chi connectivity index (χ2n) is 4.24. The van der Waals surface area contributed by atoms with Gasteiger partial charge in [-0.15, -0.1) is 0 Å².